The van der Waals surface area contributed by atoms with Gasteiger partial charge in [0.25, 0.3) is 0 Å². The zero-order valence-electron chi connectivity index (χ0n) is 9.78. The van der Waals surface area contributed by atoms with Crippen LogP contribution in [0.2, 0.25) is 0 Å². The van der Waals surface area contributed by atoms with Gasteiger partial charge in [-0.25, -0.2) is 0 Å². The lowest BCUT2D eigenvalue weighted by Gasteiger charge is -2.11. The zero-order valence-corrected chi connectivity index (χ0v) is 9.78. The molecule has 0 spiro atoms. The normalized spacial score (nSPS) is 16.8. The highest BCUT2D eigenvalue weighted by molar-refractivity contribution is 5.59. The topological polar surface area (TPSA) is 65.1 Å². The predicted molar refractivity (Wildman–Crippen MR) is 64.3 cm³/mol. The summed E-state index contributed by atoms with van der Waals surface area (Å²) in [5, 5.41) is 7.38. The fraction of sp³-hybridized carbons (Fsp3) is 0.727. The second kappa shape index (κ2) is 5.21. The van der Waals surface area contributed by atoms with Crippen LogP contribution in [0.1, 0.15) is 25.7 Å². The van der Waals surface area contributed by atoms with Crippen LogP contribution >= 0.6 is 0 Å². The van der Waals surface area contributed by atoms with Crippen molar-refractivity contribution in [2.45, 2.75) is 31.8 Å². The van der Waals surface area contributed by atoms with Crippen LogP contribution in [0, 0.1) is 0 Å². The van der Waals surface area contributed by atoms with Crippen LogP contribution < -0.4 is 11.1 Å². The van der Waals surface area contributed by atoms with Gasteiger partial charge in [0.1, 0.15) is 0 Å². The van der Waals surface area contributed by atoms with Gasteiger partial charge in [-0.15, -0.1) is 0 Å². The number of nitrogen functional groups attached to an aromatic ring is 1. The summed E-state index contributed by atoms with van der Waals surface area (Å²) in [5.74, 6) is 0.748. The molecule has 0 bridgehead atoms. The number of nitrogens with two attached hydrogens (primary N) is 1. The Morgan fingerprint density at radius 3 is 2.94 bits per heavy atom. The van der Waals surface area contributed by atoms with Crippen LogP contribution in [-0.4, -0.2) is 29.0 Å². The van der Waals surface area contributed by atoms with Gasteiger partial charge in [-0.05, 0) is 12.8 Å². The van der Waals surface area contributed by atoms with Crippen molar-refractivity contribution in [3.63, 3.8) is 0 Å². The quantitative estimate of drug-likeness (QED) is 0.741. The van der Waals surface area contributed by atoms with Gasteiger partial charge in [0.05, 0.1) is 18.4 Å². The number of nitrogens with zero attached hydrogens (tertiary/aromatic N) is 2. The summed E-state index contributed by atoms with van der Waals surface area (Å²) < 4.78 is 7.44. The molecule has 1 aliphatic carbocycles. The molecule has 0 saturated heterocycles. The SMILES string of the molecule is Cn1cc(N)c(NCCOC2CCCC2)n1. The lowest BCUT2D eigenvalue weighted by Crippen LogP contribution is -2.16. The maximum atomic E-state index is 5.76. The number of hydrogen-bond acceptors (Lipinski definition) is 4. The molecule has 3 N–H and O–H groups in total. The summed E-state index contributed by atoms with van der Waals surface area (Å²) >= 11 is 0. The third kappa shape index (κ3) is 2.88. The van der Waals surface area contributed by atoms with Crippen molar-refractivity contribution in [1.82, 2.24) is 9.78 Å². The van der Waals surface area contributed by atoms with Crippen LogP contribution in [0.3, 0.4) is 0 Å². The van der Waals surface area contributed by atoms with Crippen LogP contribution in [-0.2, 0) is 11.8 Å². The summed E-state index contributed by atoms with van der Waals surface area (Å²) in [4.78, 5) is 0. The first-order valence-corrected chi connectivity index (χ1v) is 5.90. The lowest BCUT2D eigenvalue weighted by atomic mass is 10.3. The predicted octanol–water partition coefficient (Wildman–Crippen LogP) is 1.37. The van der Waals surface area contributed by atoms with E-state index in [1.54, 1.807) is 10.9 Å². The van der Waals surface area contributed by atoms with E-state index in [4.69, 9.17) is 10.5 Å². The van der Waals surface area contributed by atoms with Gasteiger partial charge in [-0.1, -0.05) is 12.8 Å². The summed E-state index contributed by atoms with van der Waals surface area (Å²) in [7, 11) is 1.86. The maximum absolute atomic E-state index is 5.76. The molecule has 0 aromatic carbocycles. The lowest BCUT2D eigenvalue weighted by molar-refractivity contribution is 0.0659. The number of aryl methyl sites for hydroxylation is 1. The van der Waals surface area contributed by atoms with E-state index in [0.29, 0.717) is 11.8 Å². The van der Waals surface area contributed by atoms with E-state index in [1.165, 1.54) is 25.7 Å². The van der Waals surface area contributed by atoms with E-state index in [0.717, 1.165) is 19.0 Å². The van der Waals surface area contributed by atoms with Crippen molar-refractivity contribution < 1.29 is 4.74 Å². The Bertz CT molecular complexity index is 331. The van der Waals surface area contributed by atoms with Crippen LogP contribution in [0.4, 0.5) is 11.5 Å². The second-order valence-electron chi connectivity index (χ2n) is 4.31. The van der Waals surface area contributed by atoms with E-state index >= 15 is 0 Å². The Morgan fingerprint density at radius 1 is 1.56 bits per heavy atom. The van der Waals surface area contributed by atoms with E-state index in [9.17, 15) is 0 Å². The molecule has 90 valence electrons. The molecule has 0 atom stereocenters. The first-order valence-electron chi connectivity index (χ1n) is 5.90. The standard InChI is InChI=1S/C11H20N4O/c1-15-8-10(12)11(14-15)13-6-7-16-9-4-2-3-5-9/h8-9H,2-7,12H2,1H3,(H,13,14). The van der Waals surface area contributed by atoms with Gasteiger partial charge in [0, 0.05) is 19.8 Å². The summed E-state index contributed by atoms with van der Waals surface area (Å²) in [6.45, 7) is 1.48. The van der Waals surface area contributed by atoms with Crippen molar-refractivity contribution in [2.75, 3.05) is 24.2 Å². The molecule has 0 unspecified atom stereocenters. The number of ether oxygens (including phenoxy) is 1. The summed E-state index contributed by atoms with van der Waals surface area (Å²) in [6.07, 6.45) is 7.32. The summed E-state index contributed by atoms with van der Waals surface area (Å²) in [5.41, 5.74) is 6.44. The number of anilines is 2. The Hall–Kier alpha value is -1.23. The number of hydrogen-bond donors (Lipinski definition) is 2. The van der Waals surface area contributed by atoms with Gasteiger partial charge < -0.3 is 15.8 Å². The zero-order chi connectivity index (χ0) is 11.4. The van der Waals surface area contributed by atoms with Crippen molar-refractivity contribution in [3.8, 4) is 0 Å². The summed E-state index contributed by atoms with van der Waals surface area (Å²) in [6, 6.07) is 0. The fourth-order valence-corrected chi connectivity index (χ4v) is 2.09. The molecule has 16 heavy (non-hydrogen) atoms. The molecule has 1 aromatic rings. The van der Waals surface area contributed by atoms with Gasteiger partial charge >= 0.3 is 0 Å². The molecular weight excluding hydrogens is 204 g/mol. The monoisotopic (exact) mass is 224 g/mol. The molecule has 0 amide bonds. The fourth-order valence-electron chi connectivity index (χ4n) is 2.09. The molecule has 2 rings (SSSR count). The van der Waals surface area contributed by atoms with Gasteiger partial charge in [0.2, 0.25) is 0 Å². The largest absolute Gasteiger partial charge is 0.394 e. The molecule has 0 radical (unpaired) electrons. The van der Waals surface area contributed by atoms with E-state index in [1.807, 2.05) is 7.05 Å². The molecule has 1 heterocycles. The third-order valence-electron chi connectivity index (χ3n) is 2.91. The molecule has 1 aliphatic rings. The Kier molecular flexibility index (Phi) is 3.66. The third-order valence-corrected chi connectivity index (χ3v) is 2.91. The van der Waals surface area contributed by atoms with Crippen molar-refractivity contribution in [3.05, 3.63) is 6.20 Å². The Morgan fingerprint density at radius 2 is 2.31 bits per heavy atom. The average molecular weight is 224 g/mol. The number of aromatic nitrogens is 2. The highest BCUT2D eigenvalue weighted by Gasteiger charge is 2.14. The van der Waals surface area contributed by atoms with Crippen molar-refractivity contribution >= 4 is 11.5 Å². The molecule has 5 heteroatoms. The van der Waals surface area contributed by atoms with Crippen LogP contribution in [0.15, 0.2) is 6.20 Å². The minimum absolute atomic E-state index is 0.475. The van der Waals surface area contributed by atoms with E-state index in [-0.39, 0.29) is 0 Å². The minimum Gasteiger partial charge on any atom is -0.394 e. The maximum Gasteiger partial charge on any atom is 0.171 e. The first-order chi connectivity index (χ1) is 7.75. The van der Waals surface area contributed by atoms with Crippen LogP contribution in [0.5, 0.6) is 0 Å². The molecule has 1 fully saturated rings. The van der Waals surface area contributed by atoms with E-state index in [2.05, 4.69) is 10.4 Å². The Labute approximate surface area is 96.0 Å². The molecule has 5 nitrogen and oxygen atoms in total. The van der Waals surface area contributed by atoms with Crippen LogP contribution in [0.25, 0.3) is 0 Å². The number of rotatable bonds is 5. The van der Waals surface area contributed by atoms with Gasteiger partial charge in [-0.2, -0.15) is 5.10 Å². The molecule has 0 aliphatic heterocycles. The van der Waals surface area contributed by atoms with Gasteiger partial charge in [0.15, 0.2) is 5.82 Å². The van der Waals surface area contributed by atoms with Crippen molar-refractivity contribution in [1.29, 1.82) is 0 Å². The average Bonchev–Trinajstić information content (AvgIpc) is 2.84. The molecule has 1 aromatic heterocycles. The molecular formula is C11H20N4O. The second-order valence-corrected chi connectivity index (χ2v) is 4.31. The first kappa shape index (κ1) is 11.3. The smallest absolute Gasteiger partial charge is 0.171 e. The highest BCUT2D eigenvalue weighted by Crippen LogP contribution is 2.20. The van der Waals surface area contributed by atoms with E-state index < -0.39 is 0 Å². The van der Waals surface area contributed by atoms with Crippen molar-refractivity contribution in [2.24, 2.45) is 7.05 Å². The molecule has 1 saturated carbocycles. The minimum atomic E-state index is 0.475. The van der Waals surface area contributed by atoms with Gasteiger partial charge in [-0.3, -0.25) is 4.68 Å². The Balaban J connectivity index is 1.65. The highest BCUT2D eigenvalue weighted by atomic mass is 16.5. The number of nitrogens with one attached hydrogen (secondary N) is 1.